The monoisotopic (exact) mass is 95.1 g/mol. The van der Waals surface area contributed by atoms with Crippen LogP contribution < -0.4 is 0 Å². The summed E-state index contributed by atoms with van der Waals surface area (Å²) in [6, 6.07) is 0. The Hall–Kier alpha value is -0.590. The summed E-state index contributed by atoms with van der Waals surface area (Å²) in [6.45, 7) is 3.06. The summed E-state index contributed by atoms with van der Waals surface area (Å²) in [6.07, 6.45) is 5.25. The standard InChI is InChI=1S/C6H9N/c1-6-3-2-4-7-5-6/h3,5H,2,4H2,1H3. The van der Waals surface area contributed by atoms with Crippen molar-refractivity contribution in [3.8, 4) is 0 Å². The zero-order chi connectivity index (χ0) is 5.11. The van der Waals surface area contributed by atoms with Crippen molar-refractivity contribution in [2.45, 2.75) is 13.3 Å². The molecule has 0 radical (unpaired) electrons. The molecule has 1 heterocycles. The lowest BCUT2D eigenvalue weighted by Gasteiger charge is -1.96. The molecule has 1 rings (SSSR count). The van der Waals surface area contributed by atoms with Gasteiger partial charge in [-0.25, -0.2) is 0 Å². The normalized spacial score (nSPS) is 19.3. The van der Waals surface area contributed by atoms with Gasteiger partial charge in [-0.3, -0.25) is 4.99 Å². The third-order valence-electron chi connectivity index (χ3n) is 1.02. The van der Waals surface area contributed by atoms with Crippen LogP contribution in [0.5, 0.6) is 0 Å². The Labute approximate surface area is 43.8 Å². The minimum atomic E-state index is 0.983. The molecular formula is C6H9N. The molecule has 38 valence electrons. The van der Waals surface area contributed by atoms with Crippen molar-refractivity contribution in [1.29, 1.82) is 0 Å². The molecule has 0 saturated heterocycles. The van der Waals surface area contributed by atoms with E-state index in [0.717, 1.165) is 13.0 Å². The van der Waals surface area contributed by atoms with E-state index in [-0.39, 0.29) is 0 Å². The molecule has 7 heavy (non-hydrogen) atoms. The van der Waals surface area contributed by atoms with E-state index in [1.807, 2.05) is 6.21 Å². The first-order chi connectivity index (χ1) is 3.39. The summed E-state index contributed by atoms with van der Waals surface area (Å²) >= 11 is 0. The van der Waals surface area contributed by atoms with Crippen LogP contribution in [0.4, 0.5) is 0 Å². The molecule has 0 atom stereocenters. The lowest BCUT2D eigenvalue weighted by atomic mass is 10.2. The molecule has 0 aromatic rings. The van der Waals surface area contributed by atoms with Crippen LogP contribution in [0.15, 0.2) is 16.6 Å². The third-order valence-corrected chi connectivity index (χ3v) is 1.02. The molecule has 0 spiro atoms. The number of hydrogen-bond donors (Lipinski definition) is 0. The van der Waals surface area contributed by atoms with E-state index in [2.05, 4.69) is 18.0 Å². The number of dihydropyridines is 1. The van der Waals surface area contributed by atoms with E-state index in [1.54, 1.807) is 0 Å². The minimum Gasteiger partial charge on any atom is -0.293 e. The Morgan fingerprint density at radius 1 is 1.71 bits per heavy atom. The van der Waals surface area contributed by atoms with Crippen LogP contribution in [0, 0.1) is 0 Å². The van der Waals surface area contributed by atoms with Crippen molar-refractivity contribution in [1.82, 2.24) is 0 Å². The second kappa shape index (κ2) is 1.92. The number of allylic oxidation sites excluding steroid dienone is 1. The maximum atomic E-state index is 4.06. The lowest BCUT2D eigenvalue weighted by Crippen LogP contribution is -1.88. The minimum absolute atomic E-state index is 0.983. The van der Waals surface area contributed by atoms with Gasteiger partial charge in [0.15, 0.2) is 0 Å². The third kappa shape index (κ3) is 1.15. The van der Waals surface area contributed by atoms with Gasteiger partial charge in [0.25, 0.3) is 0 Å². The molecule has 1 aliphatic heterocycles. The van der Waals surface area contributed by atoms with Gasteiger partial charge in [-0.15, -0.1) is 0 Å². The Balaban J connectivity index is 2.58. The van der Waals surface area contributed by atoms with Crippen LogP contribution in [0.25, 0.3) is 0 Å². The molecule has 0 amide bonds. The first kappa shape index (κ1) is 4.57. The van der Waals surface area contributed by atoms with Crippen LogP contribution in [-0.4, -0.2) is 12.8 Å². The molecule has 0 aromatic heterocycles. The van der Waals surface area contributed by atoms with Crippen molar-refractivity contribution < 1.29 is 0 Å². The first-order valence-corrected chi connectivity index (χ1v) is 2.56. The number of nitrogens with zero attached hydrogens (tertiary/aromatic N) is 1. The molecule has 0 unspecified atom stereocenters. The molecule has 0 fully saturated rings. The maximum Gasteiger partial charge on any atom is 0.0424 e. The van der Waals surface area contributed by atoms with Gasteiger partial charge in [0, 0.05) is 12.8 Å². The van der Waals surface area contributed by atoms with E-state index in [1.165, 1.54) is 5.57 Å². The molecule has 0 aliphatic carbocycles. The molecular weight excluding hydrogens is 86.1 g/mol. The van der Waals surface area contributed by atoms with E-state index in [4.69, 9.17) is 0 Å². The predicted octanol–water partition coefficient (Wildman–Crippen LogP) is 1.41. The summed E-state index contributed by atoms with van der Waals surface area (Å²) in [7, 11) is 0. The van der Waals surface area contributed by atoms with Gasteiger partial charge in [-0.2, -0.15) is 0 Å². The van der Waals surface area contributed by atoms with Crippen molar-refractivity contribution in [2.75, 3.05) is 6.54 Å². The average Bonchev–Trinajstić information content (AvgIpc) is 1.69. The Kier molecular flexibility index (Phi) is 1.25. The van der Waals surface area contributed by atoms with Gasteiger partial charge >= 0.3 is 0 Å². The predicted molar refractivity (Wildman–Crippen MR) is 31.7 cm³/mol. The SMILES string of the molecule is CC1=CCCN=C1. The van der Waals surface area contributed by atoms with Gasteiger partial charge < -0.3 is 0 Å². The molecule has 0 saturated carbocycles. The quantitative estimate of drug-likeness (QED) is 0.431. The van der Waals surface area contributed by atoms with E-state index >= 15 is 0 Å². The van der Waals surface area contributed by atoms with Gasteiger partial charge in [0.2, 0.25) is 0 Å². The lowest BCUT2D eigenvalue weighted by molar-refractivity contribution is 0.989. The smallest absolute Gasteiger partial charge is 0.0424 e. The fraction of sp³-hybridized carbons (Fsp3) is 0.500. The highest BCUT2D eigenvalue weighted by Gasteiger charge is 1.87. The van der Waals surface area contributed by atoms with E-state index < -0.39 is 0 Å². The highest BCUT2D eigenvalue weighted by atomic mass is 14.7. The summed E-state index contributed by atoms with van der Waals surface area (Å²) in [5.74, 6) is 0. The highest BCUT2D eigenvalue weighted by molar-refractivity contribution is 5.78. The van der Waals surface area contributed by atoms with Crippen LogP contribution in [0.2, 0.25) is 0 Å². The number of hydrogen-bond acceptors (Lipinski definition) is 1. The van der Waals surface area contributed by atoms with E-state index in [0.29, 0.717) is 0 Å². The van der Waals surface area contributed by atoms with Crippen LogP contribution in [-0.2, 0) is 0 Å². The van der Waals surface area contributed by atoms with Gasteiger partial charge in [-0.1, -0.05) is 6.08 Å². The first-order valence-electron chi connectivity index (χ1n) is 2.56. The van der Waals surface area contributed by atoms with Crippen LogP contribution in [0.3, 0.4) is 0 Å². The summed E-state index contributed by atoms with van der Waals surface area (Å²) in [4.78, 5) is 4.06. The fourth-order valence-corrected chi connectivity index (χ4v) is 0.628. The van der Waals surface area contributed by atoms with Crippen molar-refractivity contribution in [3.63, 3.8) is 0 Å². The van der Waals surface area contributed by atoms with Crippen molar-refractivity contribution in [3.05, 3.63) is 11.6 Å². The zero-order valence-corrected chi connectivity index (χ0v) is 4.52. The van der Waals surface area contributed by atoms with Crippen molar-refractivity contribution in [2.24, 2.45) is 4.99 Å². The van der Waals surface area contributed by atoms with Gasteiger partial charge in [-0.05, 0) is 18.9 Å². The number of rotatable bonds is 0. The van der Waals surface area contributed by atoms with Gasteiger partial charge in [0.1, 0.15) is 0 Å². The molecule has 0 bridgehead atoms. The van der Waals surface area contributed by atoms with E-state index in [9.17, 15) is 0 Å². The Morgan fingerprint density at radius 3 is 2.86 bits per heavy atom. The second-order valence-electron chi connectivity index (χ2n) is 1.77. The molecule has 1 heteroatoms. The largest absolute Gasteiger partial charge is 0.293 e. The summed E-state index contributed by atoms with van der Waals surface area (Å²) < 4.78 is 0. The Morgan fingerprint density at radius 2 is 2.57 bits per heavy atom. The molecule has 0 aromatic carbocycles. The zero-order valence-electron chi connectivity index (χ0n) is 4.52. The topological polar surface area (TPSA) is 12.4 Å². The van der Waals surface area contributed by atoms with Crippen molar-refractivity contribution >= 4 is 6.21 Å². The average molecular weight is 95.1 g/mol. The number of aliphatic imine (C=N–C) groups is 1. The van der Waals surface area contributed by atoms with Gasteiger partial charge in [0.05, 0.1) is 0 Å². The molecule has 1 nitrogen and oxygen atoms in total. The summed E-state index contributed by atoms with van der Waals surface area (Å²) in [5.41, 5.74) is 1.30. The maximum absolute atomic E-state index is 4.06. The summed E-state index contributed by atoms with van der Waals surface area (Å²) in [5, 5.41) is 0. The van der Waals surface area contributed by atoms with Crippen LogP contribution >= 0.6 is 0 Å². The molecule has 0 N–H and O–H groups in total. The van der Waals surface area contributed by atoms with Crippen LogP contribution in [0.1, 0.15) is 13.3 Å². The fourth-order valence-electron chi connectivity index (χ4n) is 0.628. The second-order valence-corrected chi connectivity index (χ2v) is 1.77. The highest BCUT2D eigenvalue weighted by Crippen LogP contribution is 1.97. The molecule has 1 aliphatic rings. The Bertz CT molecular complexity index is 111.